The van der Waals surface area contributed by atoms with E-state index in [2.05, 4.69) is 104 Å². The van der Waals surface area contributed by atoms with Crippen molar-refractivity contribution in [1.82, 2.24) is 0 Å². The fraction of sp³-hybridized carbons (Fsp3) is 0.0769. The molecule has 134 valence electrons. The second-order valence-electron chi connectivity index (χ2n) is 8.06. The van der Waals surface area contributed by atoms with Gasteiger partial charge in [0.25, 0.3) is 0 Å². The Bertz CT molecular complexity index is 1170. The third kappa shape index (κ3) is 1.86. The molecule has 0 atom stereocenters. The van der Waals surface area contributed by atoms with Crippen LogP contribution in [0.25, 0.3) is 11.1 Å². The quantitative estimate of drug-likeness (QED) is 0.399. The van der Waals surface area contributed by atoms with E-state index in [1.165, 1.54) is 54.4 Å². The van der Waals surface area contributed by atoms with E-state index < -0.39 is 8.07 Å². The maximum Gasteiger partial charge on any atom is 0.185 e. The van der Waals surface area contributed by atoms with Crippen LogP contribution >= 0.6 is 0 Å². The minimum absolute atomic E-state index is 1.26. The van der Waals surface area contributed by atoms with Crippen LogP contribution in [0.2, 0.25) is 0 Å². The Morgan fingerprint density at radius 1 is 0.536 bits per heavy atom. The van der Waals surface area contributed by atoms with Gasteiger partial charge in [-0.1, -0.05) is 83.9 Å². The van der Waals surface area contributed by atoms with E-state index in [-0.39, 0.29) is 0 Å². The van der Waals surface area contributed by atoms with Gasteiger partial charge in [-0.05, 0) is 57.9 Å². The summed E-state index contributed by atoms with van der Waals surface area (Å²) in [7, 11) is -2.31. The van der Waals surface area contributed by atoms with Gasteiger partial charge in [0, 0.05) is 11.4 Å². The average molecular weight is 376 g/mol. The van der Waals surface area contributed by atoms with Crippen LogP contribution in [-0.4, -0.2) is 8.07 Å². The van der Waals surface area contributed by atoms with Gasteiger partial charge >= 0.3 is 0 Å². The number of hydrogen-bond acceptors (Lipinski definition) is 1. The molecule has 2 heterocycles. The first-order chi connectivity index (χ1) is 13.7. The highest BCUT2D eigenvalue weighted by molar-refractivity contribution is 7.23. The van der Waals surface area contributed by atoms with E-state index in [1.807, 2.05) is 0 Å². The minimum atomic E-state index is -2.31. The summed E-state index contributed by atoms with van der Waals surface area (Å²) in [6.45, 7) is 4.40. The van der Waals surface area contributed by atoms with E-state index in [9.17, 15) is 0 Å². The van der Waals surface area contributed by atoms with Gasteiger partial charge in [-0.2, -0.15) is 0 Å². The number of benzene rings is 4. The molecule has 0 radical (unpaired) electrons. The maximum absolute atomic E-state index is 3.71. The molecule has 1 nitrogen and oxygen atoms in total. The number of anilines is 2. The van der Waals surface area contributed by atoms with Crippen molar-refractivity contribution in [3.63, 3.8) is 0 Å². The van der Waals surface area contributed by atoms with E-state index in [1.54, 1.807) is 0 Å². The predicted octanol–water partition coefficient (Wildman–Crippen LogP) is 3.72. The standard InChI is InChI=1S/C26H21NSi/c1-17-11-13-23-19(15-17)20-16-18(2)12-14-24(20)28(23)25-9-5-3-7-21(25)27-22-8-4-6-10-26(22)28/h3-16,27H,1-2H3. The maximum atomic E-state index is 3.71. The van der Waals surface area contributed by atoms with Crippen LogP contribution in [0, 0.1) is 13.8 Å². The van der Waals surface area contributed by atoms with E-state index in [0.29, 0.717) is 0 Å². The molecule has 4 aromatic rings. The molecule has 0 bridgehead atoms. The summed E-state index contributed by atoms with van der Waals surface area (Å²) in [5, 5.41) is 9.71. The van der Waals surface area contributed by atoms with Crippen molar-refractivity contribution in [1.29, 1.82) is 0 Å². The summed E-state index contributed by atoms with van der Waals surface area (Å²) in [5.74, 6) is 0. The summed E-state index contributed by atoms with van der Waals surface area (Å²) in [5.41, 5.74) is 8.02. The molecule has 1 N–H and O–H groups in total. The highest BCUT2D eigenvalue weighted by atomic mass is 28.3. The molecule has 1 spiro atoms. The third-order valence-electron chi connectivity index (χ3n) is 6.38. The van der Waals surface area contributed by atoms with Crippen LogP contribution in [0.15, 0.2) is 84.9 Å². The van der Waals surface area contributed by atoms with Crippen molar-refractivity contribution in [3.8, 4) is 11.1 Å². The van der Waals surface area contributed by atoms with Gasteiger partial charge in [0.15, 0.2) is 8.07 Å². The van der Waals surface area contributed by atoms with Crippen molar-refractivity contribution in [2.45, 2.75) is 13.8 Å². The van der Waals surface area contributed by atoms with Crippen LogP contribution < -0.4 is 26.1 Å². The van der Waals surface area contributed by atoms with Crippen LogP contribution in [-0.2, 0) is 0 Å². The first kappa shape index (κ1) is 15.9. The predicted molar refractivity (Wildman–Crippen MR) is 122 cm³/mol. The lowest BCUT2D eigenvalue weighted by molar-refractivity contribution is 1.47. The lowest BCUT2D eigenvalue weighted by atomic mass is 10.0. The lowest BCUT2D eigenvalue weighted by Crippen LogP contribution is -2.74. The number of aryl methyl sites for hydroxylation is 2. The van der Waals surface area contributed by atoms with E-state index in [0.717, 1.165) is 0 Å². The van der Waals surface area contributed by atoms with E-state index in [4.69, 9.17) is 0 Å². The monoisotopic (exact) mass is 375 g/mol. The molecule has 0 saturated heterocycles. The van der Waals surface area contributed by atoms with Crippen molar-refractivity contribution in [3.05, 3.63) is 96.1 Å². The van der Waals surface area contributed by atoms with Gasteiger partial charge in [0.05, 0.1) is 0 Å². The third-order valence-corrected chi connectivity index (χ3v) is 11.4. The average Bonchev–Trinajstić information content (AvgIpc) is 2.98. The highest BCUT2D eigenvalue weighted by Gasteiger charge is 2.52. The van der Waals surface area contributed by atoms with Gasteiger partial charge in [0.2, 0.25) is 0 Å². The minimum Gasteiger partial charge on any atom is -0.356 e. The number of nitrogens with one attached hydrogen (secondary N) is 1. The largest absolute Gasteiger partial charge is 0.356 e. The Balaban J connectivity index is 1.85. The summed E-state index contributed by atoms with van der Waals surface area (Å²) in [6.07, 6.45) is 0. The summed E-state index contributed by atoms with van der Waals surface area (Å²) < 4.78 is 0. The molecule has 0 unspecified atom stereocenters. The molecular weight excluding hydrogens is 354 g/mol. The fourth-order valence-corrected chi connectivity index (χ4v) is 10.7. The molecule has 2 aliphatic heterocycles. The van der Waals surface area contributed by atoms with Crippen molar-refractivity contribution in [2.24, 2.45) is 0 Å². The lowest BCUT2D eigenvalue weighted by Gasteiger charge is -2.38. The Kier molecular flexibility index (Phi) is 3.10. The van der Waals surface area contributed by atoms with Gasteiger partial charge in [-0.15, -0.1) is 0 Å². The Morgan fingerprint density at radius 3 is 1.50 bits per heavy atom. The molecule has 0 aromatic heterocycles. The molecule has 0 fully saturated rings. The first-order valence-corrected chi connectivity index (χ1v) is 11.9. The highest BCUT2D eigenvalue weighted by Crippen LogP contribution is 2.34. The van der Waals surface area contributed by atoms with Crippen molar-refractivity contribution < 1.29 is 0 Å². The molecular formula is C26H21NSi. The zero-order chi connectivity index (χ0) is 18.9. The van der Waals surface area contributed by atoms with Crippen molar-refractivity contribution >= 4 is 40.2 Å². The molecule has 0 saturated carbocycles. The molecule has 0 aliphatic carbocycles. The van der Waals surface area contributed by atoms with Gasteiger partial charge in [-0.3, -0.25) is 0 Å². The molecule has 2 heteroatoms. The summed E-state index contributed by atoms with van der Waals surface area (Å²) >= 11 is 0. The smallest absolute Gasteiger partial charge is 0.185 e. The van der Waals surface area contributed by atoms with Crippen LogP contribution in [0.4, 0.5) is 11.4 Å². The molecule has 28 heavy (non-hydrogen) atoms. The van der Waals surface area contributed by atoms with Gasteiger partial charge < -0.3 is 5.32 Å². The second kappa shape index (κ2) is 5.46. The molecule has 0 amide bonds. The van der Waals surface area contributed by atoms with E-state index >= 15 is 0 Å². The summed E-state index contributed by atoms with van der Waals surface area (Å²) in [6, 6.07) is 32.0. The topological polar surface area (TPSA) is 12.0 Å². The Labute approximate surface area is 166 Å². The zero-order valence-corrected chi connectivity index (χ0v) is 17.1. The summed E-state index contributed by atoms with van der Waals surface area (Å²) in [4.78, 5) is 0. The number of hydrogen-bond donors (Lipinski definition) is 1. The fourth-order valence-electron chi connectivity index (χ4n) is 5.27. The SMILES string of the molecule is Cc1ccc2c(c1)-c1cc(C)ccc1[Si]21c2ccccc2Nc2ccccc21. The second-order valence-corrected chi connectivity index (χ2v) is 11.7. The molecule has 2 aliphatic rings. The van der Waals surface area contributed by atoms with Crippen molar-refractivity contribution in [2.75, 3.05) is 5.32 Å². The number of para-hydroxylation sites is 2. The number of rotatable bonds is 0. The van der Waals surface area contributed by atoms with Gasteiger partial charge in [0.1, 0.15) is 0 Å². The van der Waals surface area contributed by atoms with Gasteiger partial charge in [-0.25, -0.2) is 0 Å². The van der Waals surface area contributed by atoms with Crippen LogP contribution in [0.3, 0.4) is 0 Å². The Morgan fingerprint density at radius 2 is 1.00 bits per heavy atom. The zero-order valence-electron chi connectivity index (χ0n) is 16.1. The normalized spacial score (nSPS) is 14.6. The van der Waals surface area contributed by atoms with Crippen LogP contribution in [0.5, 0.6) is 0 Å². The molecule has 4 aromatic carbocycles. The van der Waals surface area contributed by atoms with Crippen LogP contribution in [0.1, 0.15) is 11.1 Å². The number of fused-ring (bicyclic) bond motifs is 9. The molecule has 6 rings (SSSR count). The Hall–Kier alpha value is -3.10. The first-order valence-electron chi connectivity index (χ1n) is 9.88.